The number of benzene rings is 1. The second kappa shape index (κ2) is 7.21. The molecule has 0 aromatic heterocycles. The van der Waals surface area contributed by atoms with Crippen LogP contribution in [0.2, 0.25) is 0 Å². The lowest BCUT2D eigenvalue weighted by atomic mass is 10.2. The molecular formula is C16H19BrN2O5. The van der Waals surface area contributed by atoms with Crippen LogP contribution in [0.15, 0.2) is 16.6 Å². The van der Waals surface area contributed by atoms with Gasteiger partial charge in [-0.2, -0.15) is 0 Å². The molecule has 0 radical (unpaired) electrons. The Kier molecular flexibility index (Phi) is 5.48. The van der Waals surface area contributed by atoms with Crippen molar-refractivity contribution in [2.45, 2.75) is 20.4 Å². The van der Waals surface area contributed by atoms with E-state index in [1.165, 1.54) is 14.2 Å². The zero-order valence-electron chi connectivity index (χ0n) is 14.0. The number of methoxy groups -OCH3 is 2. The smallest absolute Gasteiger partial charge is 0.334 e. The van der Waals surface area contributed by atoms with E-state index in [1.807, 2.05) is 13.8 Å². The van der Waals surface area contributed by atoms with Crippen LogP contribution in [0.1, 0.15) is 19.4 Å². The Labute approximate surface area is 148 Å². The van der Waals surface area contributed by atoms with Crippen LogP contribution in [0.5, 0.6) is 11.5 Å². The summed E-state index contributed by atoms with van der Waals surface area (Å²) in [4.78, 5) is 38.5. The number of imide groups is 2. The zero-order valence-corrected chi connectivity index (χ0v) is 15.5. The first-order valence-corrected chi connectivity index (χ1v) is 8.17. The number of ether oxygens (including phenoxy) is 2. The molecule has 1 heterocycles. The molecule has 0 atom stereocenters. The van der Waals surface area contributed by atoms with E-state index in [4.69, 9.17) is 9.47 Å². The number of carbonyl (C=O) groups is 3. The monoisotopic (exact) mass is 398 g/mol. The highest BCUT2D eigenvalue weighted by molar-refractivity contribution is 9.10. The van der Waals surface area contributed by atoms with Gasteiger partial charge in [-0.15, -0.1) is 0 Å². The fourth-order valence-corrected chi connectivity index (χ4v) is 2.85. The summed E-state index contributed by atoms with van der Waals surface area (Å²) in [6.07, 6.45) is 0. The molecule has 130 valence electrons. The number of urea groups is 1. The second-order valence-corrected chi connectivity index (χ2v) is 6.64. The Balaban J connectivity index is 2.29. The van der Waals surface area contributed by atoms with Crippen molar-refractivity contribution >= 4 is 33.8 Å². The van der Waals surface area contributed by atoms with Crippen molar-refractivity contribution in [1.29, 1.82) is 0 Å². The van der Waals surface area contributed by atoms with Crippen LogP contribution in [-0.4, -0.2) is 48.4 Å². The zero-order chi connectivity index (χ0) is 18.0. The fraction of sp³-hybridized carbons (Fsp3) is 0.438. The predicted molar refractivity (Wildman–Crippen MR) is 89.7 cm³/mol. The molecule has 7 nitrogen and oxygen atoms in total. The SMILES string of the molecule is COc1cc(Br)c(CN2C(=O)C(=O)N(CC(C)C)C2=O)cc1OC. The van der Waals surface area contributed by atoms with Crippen molar-refractivity contribution in [3.63, 3.8) is 0 Å². The quantitative estimate of drug-likeness (QED) is 0.543. The molecule has 1 saturated heterocycles. The highest BCUT2D eigenvalue weighted by Gasteiger charge is 2.44. The minimum atomic E-state index is -0.817. The lowest BCUT2D eigenvalue weighted by Crippen LogP contribution is -2.35. The van der Waals surface area contributed by atoms with Gasteiger partial charge in [0.25, 0.3) is 0 Å². The van der Waals surface area contributed by atoms with Gasteiger partial charge in [-0.1, -0.05) is 29.8 Å². The predicted octanol–water partition coefficient (Wildman–Crippen LogP) is 2.41. The maximum absolute atomic E-state index is 12.4. The van der Waals surface area contributed by atoms with Gasteiger partial charge < -0.3 is 9.47 Å². The standard InChI is InChI=1S/C16H19BrN2O5/c1-9(2)7-18-14(20)15(21)19(16(18)22)8-10-5-12(23-3)13(24-4)6-11(10)17/h5-6,9H,7-8H2,1-4H3. The number of nitrogens with zero attached hydrogens (tertiary/aromatic N) is 2. The summed E-state index contributed by atoms with van der Waals surface area (Å²) >= 11 is 3.39. The lowest BCUT2D eigenvalue weighted by molar-refractivity contribution is -0.143. The topological polar surface area (TPSA) is 76.2 Å². The summed E-state index contributed by atoms with van der Waals surface area (Å²) in [5.74, 6) is -0.532. The first-order chi connectivity index (χ1) is 11.3. The van der Waals surface area contributed by atoms with Gasteiger partial charge in [-0.25, -0.2) is 4.79 Å². The van der Waals surface area contributed by atoms with Gasteiger partial charge >= 0.3 is 17.8 Å². The maximum atomic E-state index is 12.4. The Morgan fingerprint density at radius 2 is 1.54 bits per heavy atom. The van der Waals surface area contributed by atoms with Crippen LogP contribution in [0.25, 0.3) is 0 Å². The number of amides is 4. The van der Waals surface area contributed by atoms with Crippen LogP contribution in [0.3, 0.4) is 0 Å². The van der Waals surface area contributed by atoms with Crippen molar-refractivity contribution in [1.82, 2.24) is 9.80 Å². The molecule has 1 aliphatic rings. The van der Waals surface area contributed by atoms with Crippen LogP contribution < -0.4 is 9.47 Å². The van der Waals surface area contributed by atoms with Crippen LogP contribution in [0, 0.1) is 5.92 Å². The molecule has 2 rings (SSSR count). The van der Waals surface area contributed by atoms with E-state index in [2.05, 4.69) is 15.9 Å². The number of hydrogen-bond acceptors (Lipinski definition) is 5. The Bertz CT molecular complexity index is 689. The third-order valence-corrected chi connectivity index (χ3v) is 4.30. The molecule has 1 fully saturated rings. The van der Waals surface area contributed by atoms with Crippen LogP contribution in [-0.2, 0) is 16.1 Å². The highest BCUT2D eigenvalue weighted by Crippen LogP contribution is 2.34. The summed E-state index contributed by atoms with van der Waals surface area (Å²) in [5.41, 5.74) is 0.633. The molecule has 24 heavy (non-hydrogen) atoms. The van der Waals surface area contributed by atoms with Gasteiger partial charge in [0, 0.05) is 11.0 Å². The number of carbonyl (C=O) groups excluding carboxylic acids is 3. The van der Waals surface area contributed by atoms with Crippen molar-refractivity contribution in [2.75, 3.05) is 20.8 Å². The van der Waals surface area contributed by atoms with E-state index in [-0.39, 0.29) is 19.0 Å². The molecule has 0 saturated carbocycles. The number of rotatable bonds is 6. The van der Waals surface area contributed by atoms with E-state index in [0.717, 1.165) is 9.80 Å². The maximum Gasteiger partial charge on any atom is 0.334 e. The van der Waals surface area contributed by atoms with E-state index in [9.17, 15) is 14.4 Å². The molecule has 0 spiro atoms. The first-order valence-electron chi connectivity index (χ1n) is 7.37. The summed E-state index contributed by atoms with van der Waals surface area (Å²) in [5, 5.41) is 0. The number of halogens is 1. The Hall–Kier alpha value is -2.09. The van der Waals surface area contributed by atoms with Crippen molar-refractivity contribution in [2.24, 2.45) is 5.92 Å². The summed E-state index contributed by atoms with van der Waals surface area (Å²) in [6.45, 7) is 3.93. The third-order valence-electron chi connectivity index (χ3n) is 3.56. The molecular weight excluding hydrogens is 380 g/mol. The van der Waals surface area contributed by atoms with E-state index < -0.39 is 17.8 Å². The molecule has 0 N–H and O–H groups in total. The number of hydrogen-bond donors (Lipinski definition) is 0. The molecule has 0 aliphatic carbocycles. The minimum absolute atomic E-state index is 0.0288. The van der Waals surface area contributed by atoms with Gasteiger partial charge in [0.1, 0.15) is 0 Å². The summed E-state index contributed by atoms with van der Waals surface area (Å²) in [6, 6.07) is 2.76. The average Bonchev–Trinajstić information content (AvgIpc) is 2.73. The molecule has 1 aliphatic heterocycles. The van der Waals surface area contributed by atoms with Gasteiger partial charge in [-0.3, -0.25) is 19.4 Å². The molecule has 4 amide bonds. The van der Waals surface area contributed by atoms with Gasteiger partial charge in [0.15, 0.2) is 11.5 Å². The average molecular weight is 399 g/mol. The molecule has 0 unspecified atom stereocenters. The summed E-state index contributed by atoms with van der Waals surface area (Å²) < 4.78 is 11.1. The van der Waals surface area contributed by atoms with Crippen molar-refractivity contribution in [3.8, 4) is 11.5 Å². The first kappa shape index (κ1) is 18.3. The van der Waals surface area contributed by atoms with Crippen molar-refractivity contribution in [3.05, 3.63) is 22.2 Å². The van der Waals surface area contributed by atoms with Gasteiger partial charge in [0.2, 0.25) is 0 Å². The fourth-order valence-electron chi connectivity index (χ4n) is 2.40. The molecule has 1 aromatic carbocycles. The largest absolute Gasteiger partial charge is 0.493 e. The molecule has 8 heteroatoms. The van der Waals surface area contributed by atoms with E-state index in [0.29, 0.717) is 21.5 Å². The van der Waals surface area contributed by atoms with Gasteiger partial charge in [-0.05, 0) is 23.6 Å². The minimum Gasteiger partial charge on any atom is -0.493 e. The second-order valence-electron chi connectivity index (χ2n) is 5.78. The molecule has 0 bridgehead atoms. The van der Waals surface area contributed by atoms with Gasteiger partial charge in [0.05, 0.1) is 20.8 Å². The normalized spacial score (nSPS) is 14.8. The molecule has 1 aromatic rings. The third kappa shape index (κ3) is 3.38. The van der Waals surface area contributed by atoms with E-state index >= 15 is 0 Å². The van der Waals surface area contributed by atoms with Crippen molar-refractivity contribution < 1.29 is 23.9 Å². The highest BCUT2D eigenvalue weighted by atomic mass is 79.9. The van der Waals surface area contributed by atoms with E-state index in [1.54, 1.807) is 12.1 Å². The Morgan fingerprint density at radius 3 is 2.08 bits per heavy atom. The van der Waals surface area contributed by atoms with Crippen LogP contribution in [0.4, 0.5) is 4.79 Å². The lowest BCUT2D eigenvalue weighted by Gasteiger charge is -2.18. The Morgan fingerprint density at radius 1 is 1.00 bits per heavy atom. The van der Waals surface area contributed by atoms with Crippen LogP contribution >= 0.6 is 15.9 Å². The summed E-state index contributed by atoms with van der Waals surface area (Å²) in [7, 11) is 3.01.